The van der Waals surface area contributed by atoms with Crippen LogP contribution in [0.25, 0.3) is 0 Å². The first-order valence-corrected chi connectivity index (χ1v) is 5.92. The summed E-state index contributed by atoms with van der Waals surface area (Å²) in [5.74, 6) is 0.961. The number of hydrogen-bond acceptors (Lipinski definition) is 3. The van der Waals surface area contributed by atoms with Crippen molar-refractivity contribution in [1.29, 1.82) is 0 Å². The SMILES string of the molecule is CC(NCCCCn1cnnc1)C1CC1. The van der Waals surface area contributed by atoms with Crippen LogP contribution in [0.3, 0.4) is 0 Å². The van der Waals surface area contributed by atoms with Crippen molar-refractivity contribution in [2.45, 2.75) is 45.2 Å². The van der Waals surface area contributed by atoms with Gasteiger partial charge in [0.2, 0.25) is 0 Å². The molecule has 1 aromatic heterocycles. The molecule has 1 heterocycles. The van der Waals surface area contributed by atoms with Gasteiger partial charge in [0.25, 0.3) is 0 Å². The fourth-order valence-corrected chi connectivity index (χ4v) is 1.85. The lowest BCUT2D eigenvalue weighted by atomic mass is 10.2. The molecule has 1 aliphatic rings. The zero-order valence-electron chi connectivity index (χ0n) is 9.39. The van der Waals surface area contributed by atoms with Crippen molar-refractivity contribution in [1.82, 2.24) is 20.1 Å². The third-order valence-electron chi connectivity index (χ3n) is 3.11. The van der Waals surface area contributed by atoms with Gasteiger partial charge < -0.3 is 9.88 Å². The Kier molecular flexibility index (Phi) is 3.72. The van der Waals surface area contributed by atoms with E-state index < -0.39 is 0 Å². The number of nitrogens with one attached hydrogen (secondary N) is 1. The van der Waals surface area contributed by atoms with Crippen LogP contribution in [0.1, 0.15) is 32.6 Å². The van der Waals surface area contributed by atoms with Gasteiger partial charge in [-0.3, -0.25) is 0 Å². The highest BCUT2D eigenvalue weighted by Gasteiger charge is 2.26. The molecule has 4 heteroatoms. The lowest BCUT2D eigenvalue weighted by Crippen LogP contribution is -2.28. The van der Waals surface area contributed by atoms with Gasteiger partial charge in [-0.05, 0) is 45.1 Å². The van der Waals surface area contributed by atoms with Crippen molar-refractivity contribution in [3.8, 4) is 0 Å². The zero-order chi connectivity index (χ0) is 10.5. The van der Waals surface area contributed by atoms with Crippen molar-refractivity contribution in [3.05, 3.63) is 12.7 Å². The molecule has 1 fully saturated rings. The Balaban J connectivity index is 1.48. The predicted molar refractivity (Wildman–Crippen MR) is 59.4 cm³/mol. The standard InChI is InChI=1S/C11H20N4/c1-10(11-4-5-11)12-6-2-3-7-15-8-13-14-9-15/h8-12H,2-7H2,1H3. The average Bonchev–Trinajstić information content (AvgIpc) is 2.97. The molecule has 0 amide bonds. The normalized spacial score (nSPS) is 17.9. The molecular formula is C11H20N4. The van der Waals surface area contributed by atoms with E-state index in [9.17, 15) is 0 Å². The molecular weight excluding hydrogens is 188 g/mol. The molecule has 4 nitrogen and oxygen atoms in total. The molecule has 0 aromatic carbocycles. The monoisotopic (exact) mass is 208 g/mol. The number of nitrogens with zero attached hydrogens (tertiary/aromatic N) is 3. The average molecular weight is 208 g/mol. The smallest absolute Gasteiger partial charge is 0.119 e. The van der Waals surface area contributed by atoms with Crippen LogP contribution in [0.5, 0.6) is 0 Å². The number of hydrogen-bond donors (Lipinski definition) is 1. The molecule has 1 atom stereocenters. The van der Waals surface area contributed by atoms with E-state index in [1.54, 1.807) is 12.7 Å². The summed E-state index contributed by atoms with van der Waals surface area (Å²) in [5, 5.41) is 11.1. The summed E-state index contributed by atoms with van der Waals surface area (Å²) in [5.41, 5.74) is 0. The van der Waals surface area contributed by atoms with Crippen LogP contribution in [0.15, 0.2) is 12.7 Å². The van der Waals surface area contributed by atoms with Gasteiger partial charge >= 0.3 is 0 Å². The third kappa shape index (κ3) is 3.63. The highest BCUT2D eigenvalue weighted by Crippen LogP contribution is 2.32. The summed E-state index contributed by atoms with van der Waals surface area (Å²) in [7, 11) is 0. The molecule has 2 rings (SSSR count). The minimum atomic E-state index is 0.722. The fourth-order valence-electron chi connectivity index (χ4n) is 1.85. The van der Waals surface area contributed by atoms with Crippen molar-refractivity contribution in [3.63, 3.8) is 0 Å². The van der Waals surface area contributed by atoms with Gasteiger partial charge in [0, 0.05) is 12.6 Å². The topological polar surface area (TPSA) is 42.7 Å². The highest BCUT2D eigenvalue weighted by atomic mass is 15.2. The van der Waals surface area contributed by atoms with Gasteiger partial charge in [0.15, 0.2) is 0 Å². The maximum atomic E-state index is 3.78. The lowest BCUT2D eigenvalue weighted by molar-refractivity contribution is 0.475. The van der Waals surface area contributed by atoms with Crippen LogP contribution in [0.2, 0.25) is 0 Å². The summed E-state index contributed by atoms with van der Waals surface area (Å²) in [4.78, 5) is 0. The highest BCUT2D eigenvalue weighted by molar-refractivity contribution is 4.82. The summed E-state index contributed by atoms with van der Waals surface area (Å²) in [6.45, 7) is 4.48. The molecule has 1 N–H and O–H groups in total. The van der Waals surface area contributed by atoms with Gasteiger partial charge in [0.05, 0.1) is 0 Å². The van der Waals surface area contributed by atoms with Crippen LogP contribution >= 0.6 is 0 Å². The Morgan fingerprint density at radius 2 is 2.07 bits per heavy atom. The molecule has 1 saturated carbocycles. The molecule has 0 radical (unpaired) electrons. The number of aromatic nitrogens is 3. The summed E-state index contributed by atoms with van der Waals surface area (Å²) < 4.78 is 2.03. The first-order chi connectivity index (χ1) is 7.36. The quantitative estimate of drug-likeness (QED) is 0.690. The van der Waals surface area contributed by atoms with Crippen LogP contribution in [0.4, 0.5) is 0 Å². The van der Waals surface area contributed by atoms with Crippen molar-refractivity contribution < 1.29 is 0 Å². The lowest BCUT2D eigenvalue weighted by Gasteiger charge is -2.12. The molecule has 1 aromatic rings. The molecule has 1 aliphatic carbocycles. The fraction of sp³-hybridized carbons (Fsp3) is 0.818. The molecule has 0 aliphatic heterocycles. The van der Waals surface area contributed by atoms with Crippen LogP contribution in [-0.4, -0.2) is 27.4 Å². The Hall–Kier alpha value is -0.900. The van der Waals surface area contributed by atoms with E-state index in [1.807, 2.05) is 4.57 Å². The maximum absolute atomic E-state index is 3.78. The Morgan fingerprint density at radius 3 is 2.73 bits per heavy atom. The second kappa shape index (κ2) is 5.26. The summed E-state index contributed by atoms with van der Waals surface area (Å²) >= 11 is 0. The molecule has 0 bridgehead atoms. The molecule has 0 spiro atoms. The van der Waals surface area contributed by atoms with E-state index >= 15 is 0 Å². The largest absolute Gasteiger partial charge is 0.320 e. The molecule has 84 valence electrons. The minimum Gasteiger partial charge on any atom is -0.320 e. The zero-order valence-corrected chi connectivity index (χ0v) is 9.39. The van der Waals surface area contributed by atoms with Gasteiger partial charge in [-0.25, -0.2) is 0 Å². The summed E-state index contributed by atoms with van der Waals surface area (Å²) in [6.07, 6.45) is 8.84. The number of aryl methyl sites for hydroxylation is 1. The number of rotatable bonds is 7. The molecule has 15 heavy (non-hydrogen) atoms. The first kappa shape index (κ1) is 10.6. The maximum Gasteiger partial charge on any atom is 0.119 e. The Labute approximate surface area is 91.1 Å². The van der Waals surface area contributed by atoms with Gasteiger partial charge in [-0.1, -0.05) is 0 Å². The second-order valence-electron chi connectivity index (χ2n) is 4.49. The minimum absolute atomic E-state index is 0.722. The van der Waals surface area contributed by atoms with E-state index in [0.717, 1.165) is 25.0 Å². The van der Waals surface area contributed by atoms with E-state index in [1.165, 1.54) is 25.7 Å². The van der Waals surface area contributed by atoms with Crippen molar-refractivity contribution >= 4 is 0 Å². The first-order valence-electron chi connectivity index (χ1n) is 5.92. The molecule has 0 saturated heterocycles. The second-order valence-corrected chi connectivity index (χ2v) is 4.49. The Bertz CT molecular complexity index is 266. The van der Waals surface area contributed by atoms with Gasteiger partial charge in [0.1, 0.15) is 12.7 Å². The summed E-state index contributed by atoms with van der Waals surface area (Å²) in [6, 6.07) is 0.722. The van der Waals surface area contributed by atoms with Crippen LogP contribution in [0, 0.1) is 5.92 Å². The van der Waals surface area contributed by atoms with Crippen molar-refractivity contribution in [2.24, 2.45) is 5.92 Å². The van der Waals surface area contributed by atoms with Gasteiger partial charge in [-0.2, -0.15) is 0 Å². The van der Waals surface area contributed by atoms with Crippen molar-refractivity contribution in [2.75, 3.05) is 6.54 Å². The number of unbranched alkanes of at least 4 members (excludes halogenated alkanes) is 1. The van der Waals surface area contributed by atoms with Gasteiger partial charge in [-0.15, -0.1) is 10.2 Å². The molecule has 1 unspecified atom stereocenters. The van der Waals surface area contributed by atoms with E-state index in [4.69, 9.17) is 0 Å². The van der Waals surface area contributed by atoms with E-state index in [-0.39, 0.29) is 0 Å². The predicted octanol–water partition coefficient (Wildman–Crippen LogP) is 1.45. The van der Waals surface area contributed by atoms with Crippen LogP contribution in [-0.2, 0) is 6.54 Å². The Morgan fingerprint density at radius 1 is 1.33 bits per heavy atom. The van der Waals surface area contributed by atoms with E-state index in [0.29, 0.717) is 0 Å². The van der Waals surface area contributed by atoms with Crippen LogP contribution < -0.4 is 5.32 Å². The third-order valence-corrected chi connectivity index (χ3v) is 3.11. The van der Waals surface area contributed by atoms with E-state index in [2.05, 4.69) is 22.4 Å².